The second-order valence-electron chi connectivity index (χ2n) is 4.49. The highest BCUT2D eigenvalue weighted by Gasteiger charge is 2.16. The maximum atomic E-state index is 5.32. The quantitative estimate of drug-likeness (QED) is 0.467. The zero-order valence-electron chi connectivity index (χ0n) is 10.3. The van der Waals surface area contributed by atoms with Gasteiger partial charge in [0, 0.05) is 18.8 Å². The van der Waals surface area contributed by atoms with Gasteiger partial charge in [-0.05, 0) is 0 Å². The van der Waals surface area contributed by atoms with Crippen molar-refractivity contribution in [3.8, 4) is 0 Å². The molecular formula is C9H18N6S. The lowest BCUT2D eigenvalue weighted by Crippen LogP contribution is -2.19. The molecule has 6 nitrogen and oxygen atoms in total. The normalized spacial score (nSPS) is 11.4. The van der Waals surface area contributed by atoms with Crippen molar-refractivity contribution in [2.45, 2.75) is 30.7 Å². The molecule has 16 heavy (non-hydrogen) atoms. The molecule has 0 bridgehead atoms. The number of rotatable bonds is 3. The molecule has 0 amide bonds. The Morgan fingerprint density at radius 2 is 1.81 bits per heavy atom. The second-order valence-corrected chi connectivity index (χ2v) is 6.29. The minimum absolute atomic E-state index is 0.0524. The number of hydrogen-bond acceptors (Lipinski definition) is 7. The van der Waals surface area contributed by atoms with Crippen LogP contribution in [0.1, 0.15) is 20.8 Å². The molecule has 1 aromatic heterocycles. The van der Waals surface area contributed by atoms with E-state index >= 15 is 0 Å². The van der Waals surface area contributed by atoms with Gasteiger partial charge in [-0.1, -0.05) is 32.5 Å². The SMILES string of the molecule is CN(C)c1nc(NN)nc(SC(C)(C)C)n1. The summed E-state index contributed by atoms with van der Waals surface area (Å²) in [5.74, 6) is 6.29. The van der Waals surface area contributed by atoms with Crippen molar-refractivity contribution in [1.29, 1.82) is 0 Å². The Morgan fingerprint density at radius 3 is 2.25 bits per heavy atom. The Kier molecular flexibility index (Phi) is 3.93. The Morgan fingerprint density at radius 1 is 1.19 bits per heavy atom. The number of anilines is 2. The first kappa shape index (κ1) is 13.0. The van der Waals surface area contributed by atoms with Crippen LogP contribution in [-0.2, 0) is 0 Å². The van der Waals surface area contributed by atoms with Crippen LogP contribution in [0, 0.1) is 0 Å². The highest BCUT2D eigenvalue weighted by atomic mass is 32.2. The monoisotopic (exact) mass is 242 g/mol. The first-order valence-corrected chi connectivity index (χ1v) is 5.72. The van der Waals surface area contributed by atoms with Gasteiger partial charge in [-0.25, -0.2) is 5.84 Å². The molecule has 0 aliphatic rings. The van der Waals surface area contributed by atoms with E-state index in [0.717, 1.165) is 0 Å². The molecule has 0 aromatic carbocycles. The number of nitrogens with one attached hydrogen (secondary N) is 1. The zero-order chi connectivity index (χ0) is 12.3. The molecular weight excluding hydrogens is 224 g/mol. The van der Waals surface area contributed by atoms with Gasteiger partial charge in [0.15, 0.2) is 5.16 Å². The van der Waals surface area contributed by atoms with Crippen molar-refractivity contribution in [1.82, 2.24) is 15.0 Å². The summed E-state index contributed by atoms with van der Waals surface area (Å²) >= 11 is 1.58. The van der Waals surface area contributed by atoms with Crippen molar-refractivity contribution < 1.29 is 0 Å². The van der Waals surface area contributed by atoms with Gasteiger partial charge in [-0.3, -0.25) is 5.43 Å². The van der Waals surface area contributed by atoms with Crippen molar-refractivity contribution >= 4 is 23.7 Å². The van der Waals surface area contributed by atoms with Crippen LogP contribution >= 0.6 is 11.8 Å². The van der Waals surface area contributed by atoms with E-state index in [1.54, 1.807) is 11.8 Å². The Balaban J connectivity index is 3.04. The number of hydrazine groups is 1. The van der Waals surface area contributed by atoms with Crippen LogP contribution < -0.4 is 16.2 Å². The molecule has 0 atom stereocenters. The molecule has 0 spiro atoms. The van der Waals surface area contributed by atoms with E-state index in [0.29, 0.717) is 17.1 Å². The topological polar surface area (TPSA) is 80.0 Å². The Bertz CT molecular complexity index is 360. The standard InChI is InChI=1S/C9H18N6S/c1-9(2,3)16-8-12-6(14-10)11-7(13-8)15(4)5/h10H2,1-5H3,(H,11,12,13,14). The molecule has 0 aliphatic carbocycles. The van der Waals surface area contributed by atoms with Gasteiger partial charge < -0.3 is 4.90 Å². The van der Waals surface area contributed by atoms with E-state index in [1.165, 1.54) is 0 Å². The number of hydrogen-bond donors (Lipinski definition) is 2. The van der Waals surface area contributed by atoms with Crippen LogP contribution in [-0.4, -0.2) is 33.8 Å². The Labute approximate surface area is 100 Å². The van der Waals surface area contributed by atoms with Gasteiger partial charge in [-0.2, -0.15) is 15.0 Å². The predicted molar refractivity (Wildman–Crippen MR) is 67.6 cm³/mol. The fraction of sp³-hybridized carbons (Fsp3) is 0.667. The molecule has 0 saturated heterocycles. The largest absolute Gasteiger partial charge is 0.347 e. The summed E-state index contributed by atoms with van der Waals surface area (Å²) in [7, 11) is 3.75. The molecule has 0 saturated carbocycles. The lowest BCUT2D eigenvalue weighted by Gasteiger charge is -2.18. The molecule has 7 heteroatoms. The molecule has 1 rings (SSSR count). The van der Waals surface area contributed by atoms with Crippen LogP contribution in [0.3, 0.4) is 0 Å². The molecule has 1 aromatic rings. The molecule has 90 valence electrons. The Hall–Kier alpha value is -1.08. The summed E-state index contributed by atoms with van der Waals surface area (Å²) in [6.45, 7) is 6.31. The molecule has 0 aliphatic heterocycles. The van der Waals surface area contributed by atoms with Crippen LogP contribution in [0.2, 0.25) is 0 Å². The van der Waals surface area contributed by atoms with Crippen molar-refractivity contribution in [3.05, 3.63) is 0 Å². The van der Waals surface area contributed by atoms with Crippen molar-refractivity contribution in [2.75, 3.05) is 24.4 Å². The summed E-state index contributed by atoms with van der Waals surface area (Å²) in [6, 6.07) is 0. The fourth-order valence-electron chi connectivity index (χ4n) is 0.930. The van der Waals surface area contributed by atoms with E-state index in [4.69, 9.17) is 5.84 Å². The van der Waals surface area contributed by atoms with Crippen molar-refractivity contribution in [3.63, 3.8) is 0 Å². The second kappa shape index (κ2) is 4.84. The lowest BCUT2D eigenvalue weighted by molar-refractivity contribution is 0.785. The highest BCUT2D eigenvalue weighted by molar-refractivity contribution is 8.00. The van der Waals surface area contributed by atoms with E-state index in [1.807, 2.05) is 19.0 Å². The summed E-state index contributed by atoms with van der Waals surface area (Å²) < 4.78 is 0.0524. The molecule has 0 unspecified atom stereocenters. The lowest BCUT2D eigenvalue weighted by atomic mass is 10.3. The molecule has 0 fully saturated rings. The van der Waals surface area contributed by atoms with Gasteiger partial charge in [0.2, 0.25) is 11.9 Å². The summed E-state index contributed by atoms with van der Waals surface area (Å²) in [4.78, 5) is 14.5. The maximum absolute atomic E-state index is 5.32. The van der Waals surface area contributed by atoms with E-state index in [9.17, 15) is 0 Å². The van der Waals surface area contributed by atoms with Crippen LogP contribution in [0.4, 0.5) is 11.9 Å². The number of thioether (sulfide) groups is 1. The molecule has 1 heterocycles. The average molecular weight is 242 g/mol. The first-order chi connectivity index (χ1) is 7.31. The van der Waals surface area contributed by atoms with Gasteiger partial charge in [0.05, 0.1) is 0 Å². The van der Waals surface area contributed by atoms with Gasteiger partial charge >= 0.3 is 0 Å². The molecule has 3 N–H and O–H groups in total. The summed E-state index contributed by atoms with van der Waals surface area (Å²) in [6.07, 6.45) is 0. The average Bonchev–Trinajstić information content (AvgIpc) is 2.14. The van der Waals surface area contributed by atoms with Crippen LogP contribution in [0.25, 0.3) is 0 Å². The first-order valence-electron chi connectivity index (χ1n) is 4.91. The highest BCUT2D eigenvalue weighted by Crippen LogP contribution is 2.30. The van der Waals surface area contributed by atoms with Crippen LogP contribution in [0.5, 0.6) is 0 Å². The van der Waals surface area contributed by atoms with Crippen molar-refractivity contribution in [2.24, 2.45) is 5.84 Å². The fourth-order valence-corrected chi connectivity index (χ4v) is 1.74. The molecule has 0 radical (unpaired) electrons. The maximum Gasteiger partial charge on any atom is 0.242 e. The van der Waals surface area contributed by atoms with Gasteiger partial charge in [0.25, 0.3) is 0 Å². The minimum atomic E-state index is 0.0524. The third kappa shape index (κ3) is 3.82. The van der Waals surface area contributed by atoms with E-state index < -0.39 is 0 Å². The van der Waals surface area contributed by atoms with E-state index in [-0.39, 0.29) is 4.75 Å². The number of aromatic nitrogens is 3. The van der Waals surface area contributed by atoms with E-state index in [2.05, 4.69) is 41.1 Å². The summed E-state index contributed by atoms with van der Waals surface area (Å²) in [5, 5.41) is 0.666. The zero-order valence-corrected chi connectivity index (χ0v) is 11.1. The number of nitrogens with zero attached hydrogens (tertiary/aromatic N) is 4. The number of nitrogens with two attached hydrogens (primary N) is 1. The smallest absolute Gasteiger partial charge is 0.242 e. The predicted octanol–water partition coefficient (Wildman–Crippen LogP) is 1.11. The van der Waals surface area contributed by atoms with Gasteiger partial charge in [-0.15, -0.1) is 0 Å². The van der Waals surface area contributed by atoms with Crippen LogP contribution in [0.15, 0.2) is 5.16 Å². The third-order valence-corrected chi connectivity index (χ3v) is 2.51. The minimum Gasteiger partial charge on any atom is -0.347 e. The third-order valence-electron chi connectivity index (χ3n) is 1.53. The van der Waals surface area contributed by atoms with Gasteiger partial charge in [0.1, 0.15) is 0 Å². The number of nitrogen functional groups attached to an aromatic ring is 1. The summed E-state index contributed by atoms with van der Waals surface area (Å²) in [5.41, 5.74) is 2.45.